The number of aromatic nitrogens is 1. The van der Waals surface area contributed by atoms with Crippen molar-refractivity contribution < 1.29 is 42.5 Å². The fraction of sp³-hybridized carbons (Fsp3) is 0.129. The molecule has 0 unspecified atom stereocenters. The predicted molar refractivity (Wildman–Crippen MR) is 143 cm³/mol. The number of rotatable bonds is 5. The Balaban J connectivity index is 1.41. The molecule has 2 aromatic carbocycles. The van der Waals surface area contributed by atoms with Gasteiger partial charge in [-0.2, -0.15) is 0 Å². The van der Waals surface area contributed by atoms with Gasteiger partial charge < -0.3 is 23.4 Å². The highest BCUT2D eigenvalue weighted by atomic mass is 16.5. The minimum Gasteiger partial charge on any atom is -0.465 e. The molecule has 1 atom stereocenters. The Kier molecular flexibility index (Phi) is 6.43. The summed E-state index contributed by atoms with van der Waals surface area (Å²) in [5, 5.41) is 0. The molecule has 0 bridgehead atoms. The molecule has 2 aliphatic rings. The maximum Gasteiger partial charge on any atom is 0.337 e. The van der Waals surface area contributed by atoms with Crippen LogP contribution in [0.4, 0.5) is 0 Å². The quantitative estimate of drug-likeness (QED) is 0.190. The van der Waals surface area contributed by atoms with Crippen LogP contribution < -0.4 is 9.47 Å². The first-order chi connectivity index (χ1) is 19.9. The van der Waals surface area contributed by atoms with Crippen molar-refractivity contribution in [2.45, 2.75) is 12.3 Å². The molecule has 0 N–H and O–H groups in total. The zero-order valence-corrected chi connectivity index (χ0v) is 21.8. The van der Waals surface area contributed by atoms with Crippen LogP contribution in [0, 0.1) is 0 Å². The van der Waals surface area contributed by atoms with Crippen LogP contribution in [0.2, 0.25) is 0 Å². The van der Waals surface area contributed by atoms with Gasteiger partial charge in [0.05, 0.1) is 43.2 Å². The van der Waals surface area contributed by atoms with Gasteiger partial charge >= 0.3 is 17.9 Å². The Hall–Kier alpha value is -5.51. The van der Waals surface area contributed by atoms with Crippen LogP contribution in [0.5, 0.6) is 11.5 Å². The molecule has 204 valence electrons. The molecule has 0 aliphatic carbocycles. The number of furan rings is 1. The third kappa shape index (κ3) is 4.65. The first-order valence-electron chi connectivity index (χ1n) is 12.5. The lowest BCUT2D eigenvalue weighted by Gasteiger charge is -2.24. The van der Waals surface area contributed by atoms with E-state index in [0.717, 1.165) is 0 Å². The van der Waals surface area contributed by atoms with E-state index in [9.17, 15) is 19.2 Å². The van der Waals surface area contributed by atoms with Crippen molar-refractivity contribution in [1.29, 1.82) is 0 Å². The van der Waals surface area contributed by atoms with Crippen molar-refractivity contribution in [3.05, 3.63) is 106 Å². The predicted octanol–water partition coefficient (Wildman–Crippen LogP) is 4.97. The number of carbonyl (C=O) groups is 4. The summed E-state index contributed by atoms with van der Waals surface area (Å²) < 4.78 is 27.4. The molecular formula is C31H21NO9. The van der Waals surface area contributed by atoms with Gasteiger partial charge in [-0.15, -0.1) is 0 Å². The highest BCUT2D eigenvalue weighted by molar-refractivity contribution is 6.15. The van der Waals surface area contributed by atoms with Gasteiger partial charge in [0.25, 0.3) is 0 Å². The lowest BCUT2D eigenvalue weighted by atomic mass is 9.88. The van der Waals surface area contributed by atoms with Gasteiger partial charge in [0.1, 0.15) is 23.0 Å². The molecule has 4 aromatic rings. The van der Waals surface area contributed by atoms with Gasteiger partial charge in [-0.05, 0) is 60.2 Å². The highest BCUT2D eigenvalue weighted by Gasteiger charge is 2.39. The van der Waals surface area contributed by atoms with Gasteiger partial charge in [-0.1, -0.05) is 6.07 Å². The molecule has 4 heterocycles. The Morgan fingerprint density at radius 1 is 0.951 bits per heavy atom. The summed E-state index contributed by atoms with van der Waals surface area (Å²) in [5.74, 6) is -1.29. The Labute approximate surface area is 233 Å². The van der Waals surface area contributed by atoms with Crippen LogP contribution in [0.15, 0.2) is 77.2 Å². The molecular weight excluding hydrogens is 530 g/mol. The number of benzene rings is 2. The zero-order chi connectivity index (χ0) is 28.7. The third-order valence-electron chi connectivity index (χ3n) is 6.79. The maximum absolute atomic E-state index is 13.2. The fourth-order valence-electron chi connectivity index (χ4n) is 4.90. The van der Waals surface area contributed by atoms with Crippen molar-refractivity contribution in [2.24, 2.45) is 0 Å². The van der Waals surface area contributed by atoms with E-state index in [0.29, 0.717) is 39.5 Å². The summed E-state index contributed by atoms with van der Waals surface area (Å²) in [6.07, 6.45) is 4.77. The standard InChI is InChI=1S/C31H21NO9/c1-37-30(35)18-11-17(12-19(13-18)31(36)38-2)22-7-8-23(39-22)21-14-26(33)40-24-6-5-20-28(34)25(41-29(20)27(21)24)10-16-4-3-9-32-15-16/h3-13,15,21H,14H2,1-2H3/b25-10-/t21-/m0/s1. The van der Waals surface area contributed by atoms with Crippen molar-refractivity contribution in [3.63, 3.8) is 0 Å². The van der Waals surface area contributed by atoms with Crippen LogP contribution in [0.25, 0.3) is 17.4 Å². The van der Waals surface area contributed by atoms with E-state index in [1.807, 2.05) is 0 Å². The van der Waals surface area contributed by atoms with Gasteiger partial charge in [0.2, 0.25) is 5.78 Å². The molecule has 0 amide bonds. The molecule has 0 spiro atoms. The summed E-state index contributed by atoms with van der Waals surface area (Å²) >= 11 is 0. The number of esters is 3. The molecule has 10 nitrogen and oxygen atoms in total. The lowest BCUT2D eigenvalue weighted by Crippen LogP contribution is -2.21. The number of allylic oxidation sites excluding steroid dienone is 1. The molecule has 0 saturated heterocycles. The second-order valence-corrected chi connectivity index (χ2v) is 9.30. The number of pyridine rings is 1. The Morgan fingerprint density at radius 3 is 2.39 bits per heavy atom. The van der Waals surface area contributed by atoms with Crippen LogP contribution in [-0.4, -0.2) is 42.9 Å². The van der Waals surface area contributed by atoms with Crippen LogP contribution >= 0.6 is 0 Å². The Morgan fingerprint density at radius 2 is 1.71 bits per heavy atom. The summed E-state index contributed by atoms with van der Waals surface area (Å²) in [6.45, 7) is 0. The summed E-state index contributed by atoms with van der Waals surface area (Å²) in [4.78, 5) is 54.3. The normalized spacial score (nSPS) is 16.4. The first kappa shape index (κ1) is 25.8. The number of ketones is 1. The number of nitrogens with zero attached hydrogens (tertiary/aromatic N) is 1. The number of carbonyl (C=O) groups excluding carboxylic acids is 4. The molecule has 10 heteroatoms. The van der Waals surface area contributed by atoms with Gasteiger partial charge in [-0.25, -0.2) is 9.59 Å². The number of hydrogen-bond acceptors (Lipinski definition) is 10. The maximum atomic E-state index is 13.2. The molecule has 41 heavy (non-hydrogen) atoms. The molecule has 0 radical (unpaired) electrons. The lowest BCUT2D eigenvalue weighted by molar-refractivity contribution is -0.135. The minimum atomic E-state index is -0.639. The number of methoxy groups -OCH3 is 2. The number of Topliss-reactive ketones (excluding diaryl/α,β-unsaturated/α-hetero) is 1. The third-order valence-corrected chi connectivity index (χ3v) is 6.79. The Bertz CT molecular complexity index is 1730. The smallest absolute Gasteiger partial charge is 0.337 e. The van der Waals surface area contributed by atoms with Gasteiger partial charge in [0, 0.05) is 23.5 Å². The zero-order valence-electron chi connectivity index (χ0n) is 21.8. The number of ether oxygens (including phenoxy) is 4. The topological polar surface area (TPSA) is 131 Å². The second kappa shape index (κ2) is 10.2. The number of hydrogen-bond donors (Lipinski definition) is 0. The highest BCUT2D eigenvalue weighted by Crippen LogP contribution is 2.49. The molecule has 2 aliphatic heterocycles. The molecule has 0 fully saturated rings. The average molecular weight is 552 g/mol. The monoisotopic (exact) mass is 551 g/mol. The van der Waals surface area contributed by atoms with E-state index in [-0.39, 0.29) is 34.8 Å². The summed E-state index contributed by atoms with van der Waals surface area (Å²) in [6, 6.07) is 14.5. The minimum absolute atomic E-state index is 0.0643. The molecule has 6 rings (SSSR count). The van der Waals surface area contributed by atoms with Gasteiger partial charge in [0.15, 0.2) is 5.76 Å². The number of fused-ring (bicyclic) bond motifs is 3. The summed E-state index contributed by atoms with van der Waals surface area (Å²) in [7, 11) is 2.47. The van der Waals surface area contributed by atoms with Crippen LogP contribution in [0.3, 0.4) is 0 Å². The van der Waals surface area contributed by atoms with Gasteiger partial charge in [-0.3, -0.25) is 14.6 Å². The SMILES string of the molecule is COC(=O)c1cc(C(=O)OC)cc(-c2ccc([C@@H]3CC(=O)Oc4ccc5c(c43)O/C(=C\c3cccnc3)C5=O)o2)c1. The fourth-order valence-corrected chi connectivity index (χ4v) is 4.90. The molecule has 0 saturated carbocycles. The van der Waals surface area contributed by atoms with E-state index >= 15 is 0 Å². The van der Waals surface area contributed by atoms with E-state index in [2.05, 4.69) is 4.98 Å². The molecule has 2 aromatic heterocycles. The van der Waals surface area contributed by atoms with E-state index in [4.69, 9.17) is 23.4 Å². The van der Waals surface area contributed by atoms with Crippen LogP contribution in [-0.2, 0) is 14.3 Å². The van der Waals surface area contributed by atoms with Crippen molar-refractivity contribution in [2.75, 3.05) is 14.2 Å². The summed E-state index contributed by atoms with van der Waals surface area (Å²) in [5.41, 5.74) is 2.22. The second-order valence-electron chi connectivity index (χ2n) is 9.30. The van der Waals surface area contributed by atoms with E-state index < -0.39 is 23.8 Å². The van der Waals surface area contributed by atoms with Crippen molar-refractivity contribution in [1.82, 2.24) is 4.98 Å². The first-order valence-corrected chi connectivity index (χ1v) is 12.5. The van der Waals surface area contributed by atoms with Crippen molar-refractivity contribution >= 4 is 29.8 Å². The van der Waals surface area contributed by atoms with E-state index in [1.54, 1.807) is 54.9 Å². The average Bonchev–Trinajstić information content (AvgIpc) is 3.61. The van der Waals surface area contributed by atoms with E-state index in [1.165, 1.54) is 32.4 Å². The largest absolute Gasteiger partial charge is 0.465 e. The van der Waals surface area contributed by atoms with Crippen LogP contribution in [0.1, 0.15) is 60.3 Å². The van der Waals surface area contributed by atoms with Crippen molar-refractivity contribution in [3.8, 4) is 22.8 Å².